The van der Waals surface area contributed by atoms with Crippen molar-refractivity contribution in [2.45, 2.75) is 271 Å². The lowest BCUT2D eigenvalue weighted by Crippen LogP contribution is -2.50. The molecule has 0 spiro atoms. The van der Waals surface area contributed by atoms with Crippen molar-refractivity contribution in [3.63, 3.8) is 0 Å². The molecule has 2 aromatic carbocycles. The van der Waals surface area contributed by atoms with Crippen molar-refractivity contribution < 1.29 is 28.8 Å². The Morgan fingerprint density at radius 2 is 0.471 bits per heavy atom. The molecule has 2 aromatic rings. The fraction of sp³-hybridized carbons (Fsp3) is 0.774. The van der Waals surface area contributed by atoms with E-state index in [-0.39, 0.29) is 11.1 Å². The van der Waals surface area contributed by atoms with Crippen LogP contribution in [-0.2, 0) is 0 Å². The molecule has 0 aliphatic heterocycles. The number of benzene rings is 2. The van der Waals surface area contributed by atoms with Gasteiger partial charge in [0.1, 0.15) is 0 Å². The van der Waals surface area contributed by atoms with Crippen molar-refractivity contribution in [3.05, 3.63) is 59.7 Å². The second kappa shape index (κ2) is 48.0. The summed E-state index contributed by atoms with van der Waals surface area (Å²) in [5.41, 5.74) is 0.510. The van der Waals surface area contributed by atoms with Crippen molar-refractivity contribution in [1.29, 1.82) is 0 Å². The van der Waals surface area contributed by atoms with Gasteiger partial charge in [0.25, 0.3) is 0 Å². The molecule has 0 radical (unpaired) electrons. The summed E-state index contributed by atoms with van der Waals surface area (Å²) in [5.74, 6) is -1.89. The van der Waals surface area contributed by atoms with E-state index < -0.39 is 11.9 Å². The van der Waals surface area contributed by atoms with E-state index in [0.717, 1.165) is 9.79 Å². The number of carboxylic acid groups (broad SMARTS) is 2. The number of rotatable bonds is 45. The number of carboxylic acids is 2. The third-order valence-electron chi connectivity index (χ3n) is 14.3. The van der Waals surface area contributed by atoms with E-state index in [1.165, 1.54) is 288 Å². The molecule has 0 atom stereocenters. The van der Waals surface area contributed by atoms with E-state index in [1.54, 1.807) is 48.5 Å². The first-order chi connectivity index (χ1) is 34.0. The highest BCUT2D eigenvalue weighted by Crippen LogP contribution is 2.37. The summed E-state index contributed by atoms with van der Waals surface area (Å²) in [6, 6.07) is 13.2. The van der Waals surface area contributed by atoms with E-state index in [9.17, 15) is 9.59 Å². The van der Waals surface area contributed by atoms with Gasteiger partial charge in [-0.15, -0.1) is 0 Å². The monoisotopic (exact) mass is 1010 g/mol. The normalized spacial score (nSPS) is 11.5. The molecule has 0 aromatic heterocycles. The number of nitrogens with zero attached hydrogens (tertiary/aromatic N) is 2. The molecule has 70 heavy (non-hydrogen) atoms. The number of hydrogen-bond acceptors (Lipinski definition) is 4. The summed E-state index contributed by atoms with van der Waals surface area (Å²) < 4.78 is 2.92. The van der Waals surface area contributed by atoms with Crippen molar-refractivity contribution in [3.8, 4) is 0 Å². The number of quaternary nitrogens is 2. The summed E-state index contributed by atoms with van der Waals surface area (Å²) in [5, 5.41) is 17.6. The molecular weight excluding hydrogens is 901 g/mol. The zero-order valence-corrected chi connectivity index (χ0v) is 49.0. The first-order valence-corrected chi connectivity index (χ1v) is 31.9. The van der Waals surface area contributed by atoms with Crippen molar-refractivity contribution in [2.75, 3.05) is 52.4 Å². The third-order valence-corrected chi connectivity index (χ3v) is 16.7. The van der Waals surface area contributed by atoms with Crippen LogP contribution in [0.4, 0.5) is 0 Å². The van der Waals surface area contributed by atoms with Crippen LogP contribution in [0.25, 0.3) is 0 Å². The molecular formula is C62H114N2O4S2+2. The first-order valence-electron chi connectivity index (χ1n) is 29.8. The van der Waals surface area contributed by atoms with Gasteiger partial charge in [-0.2, -0.15) is 0 Å². The van der Waals surface area contributed by atoms with E-state index in [0.29, 0.717) is 0 Å². The minimum absolute atomic E-state index is 0.255. The van der Waals surface area contributed by atoms with Gasteiger partial charge in [-0.1, -0.05) is 180 Å². The Balaban J connectivity index is 0.00000103. The molecule has 0 aliphatic rings. The van der Waals surface area contributed by atoms with E-state index in [1.807, 2.05) is 0 Å². The number of carbonyl (C=O) groups is 2. The fourth-order valence-corrected chi connectivity index (χ4v) is 11.7. The molecule has 0 amide bonds. The van der Waals surface area contributed by atoms with Gasteiger partial charge < -0.3 is 19.2 Å². The van der Waals surface area contributed by atoms with Crippen molar-refractivity contribution >= 4 is 33.5 Å². The molecule has 2 rings (SSSR count). The highest BCUT2D eigenvalue weighted by molar-refractivity contribution is 8.76. The van der Waals surface area contributed by atoms with Crippen LogP contribution in [0.1, 0.15) is 282 Å². The van der Waals surface area contributed by atoms with Gasteiger partial charge in [0, 0.05) is 9.79 Å². The Morgan fingerprint density at radius 3 is 0.614 bits per heavy atom. The lowest BCUT2D eigenvalue weighted by atomic mass is 10.1. The molecule has 8 heteroatoms. The summed E-state index contributed by atoms with van der Waals surface area (Å²) in [7, 11) is 2.97. The van der Waals surface area contributed by atoms with Crippen LogP contribution in [0.3, 0.4) is 0 Å². The summed E-state index contributed by atoms with van der Waals surface area (Å²) in [4.78, 5) is 23.3. The number of hydrogen-bond donors (Lipinski definition) is 2. The van der Waals surface area contributed by atoms with Gasteiger partial charge in [-0.25, -0.2) is 9.59 Å². The Hall–Kier alpha value is -2.00. The number of aromatic carboxylic acids is 2. The standard InChI is InChI=1S/2C24H52N.C14H10O4S2/c2*1-5-9-13-17-21-25(22-18-14-10-6-2,23-19-15-11-7-3)24-20-16-12-8-4;15-13(16)9-1-5-11(6-2-9)19-20-12-7-3-10(4-8-12)14(17)18/h2*5-24H2,1-4H3;1-8H,(H,15,16)(H,17,18)/q2*+1;. The zero-order chi connectivity index (χ0) is 51.8. The maximum atomic E-state index is 10.7. The van der Waals surface area contributed by atoms with E-state index >= 15 is 0 Å². The number of unbranched alkanes of at least 4 members (excludes halogenated alkanes) is 24. The lowest BCUT2D eigenvalue weighted by Gasteiger charge is -2.39. The van der Waals surface area contributed by atoms with Gasteiger partial charge in [0.2, 0.25) is 0 Å². The van der Waals surface area contributed by atoms with Gasteiger partial charge >= 0.3 is 11.9 Å². The van der Waals surface area contributed by atoms with Gasteiger partial charge in [-0.05, 0) is 151 Å². The van der Waals surface area contributed by atoms with Crippen LogP contribution < -0.4 is 0 Å². The van der Waals surface area contributed by atoms with Crippen LogP contribution in [0, 0.1) is 0 Å². The second-order valence-corrected chi connectivity index (χ2v) is 23.1. The molecule has 0 saturated carbocycles. The molecule has 0 bridgehead atoms. The molecule has 0 aliphatic carbocycles. The Bertz CT molecular complexity index is 1240. The minimum atomic E-state index is -0.946. The molecule has 0 heterocycles. The second-order valence-electron chi connectivity index (χ2n) is 20.8. The highest BCUT2D eigenvalue weighted by atomic mass is 33.1. The smallest absolute Gasteiger partial charge is 0.335 e. The van der Waals surface area contributed by atoms with Gasteiger partial charge in [0.15, 0.2) is 0 Å². The maximum absolute atomic E-state index is 10.7. The lowest BCUT2D eigenvalue weighted by molar-refractivity contribution is -0.929. The zero-order valence-electron chi connectivity index (χ0n) is 47.3. The van der Waals surface area contributed by atoms with Crippen LogP contribution in [0.5, 0.6) is 0 Å². The summed E-state index contributed by atoms with van der Waals surface area (Å²) in [6.45, 7) is 30.4. The van der Waals surface area contributed by atoms with E-state index in [2.05, 4.69) is 55.4 Å². The van der Waals surface area contributed by atoms with Crippen LogP contribution in [0.2, 0.25) is 0 Å². The quantitative estimate of drug-likeness (QED) is 0.0391. The van der Waals surface area contributed by atoms with Crippen LogP contribution in [-0.4, -0.2) is 83.5 Å². The first kappa shape index (κ1) is 68.0. The molecule has 6 nitrogen and oxygen atoms in total. The Morgan fingerprint density at radius 1 is 0.300 bits per heavy atom. The van der Waals surface area contributed by atoms with Crippen molar-refractivity contribution in [1.82, 2.24) is 0 Å². The van der Waals surface area contributed by atoms with Crippen molar-refractivity contribution in [2.24, 2.45) is 0 Å². The summed E-state index contributed by atoms with van der Waals surface area (Å²) in [6.07, 6.45) is 45.7. The maximum Gasteiger partial charge on any atom is 0.335 e. The average Bonchev–Trinajstić information content (AvgIpc) is 3.37. The predicted octanol–water partition coefficient (Wildman–Crippen LogP) is 20.1. The topological polar surface area (TPSA) is 74.6 Å². The molecule has 0 unspecified atom stereocenters. The highest BCUT2D eigenvalue weighted by Gasteiger charge is 2.27. The Kier molecular flexibility index (Phi) is 46.6. The predicted molar refractivity (Wildman–Crippen MR) is 311 cm³/mol. The summed E-state index contributed by atoms with van der Waals surface area (Å²) >= 11 is 0. The van der Waals surface area contributed by atoms with Crippen LogP contribution in [0.15, 0.2) is 58.3 Å². The SMILES string of the molecule is CCCCCC[N+](CCCCCC)(CCCCCC)CCCCCC.CCCCCC[N+](CCCCCC)(CCCCCC)CCCCCC.O=C(O)c1ccc(SSc2ccc(C(=O)O)cc2)cc1. The van der Waals surface area contributed by atoms with Gasteiger partial charge in [-0.3, -0.25) is 0 Å². The largest absolute Gasteiger partial charge is 0.478 e. The average molecular weight is 1020 g/mol. The van der Waals surface area contributed by atoms with E-state index in [4.69, 9.17) is 10.2 Å². The van der Waals surface area contributed by atoms with Crippen LogP contribution >= 0.6 is 21.6 Å². The van der Waals surface area contributed by atoms with Gasteiger partial charge in [0.05, 0.1) is 63.5 Å². The molecule has 2 N–H and O–H groups in total. The Labute approximate surface area is 442 Å². The third kappa shape index (κ3) is 36.8. The fourth-order valence-electron chi connectivity index (χ4n) is 9.74. The minimum Gasteiger partial charge on any atom is -0.478 e. The molecule has 0 saturated heterocycles. The molecule has 406 valence electrons. The molecule has 0 fully saturated rings.